The van der Waals surface area contributed by atoms with Gasteiger partial charge in [0.2, 0.25) is 0 Å². The summed E-state index contributed by atoms with van der Waals surface area (Å²) >= 11 is 0. The van der Waals surface area contributed by atoms with Crippen LogP contribution in [0.1, 0.15) is 0 Å². The minimum Gasteiger partial charge on any atom is -0.388 e. The lowest BCUT2D eigenvalue weighted by molar-refractivity contribution is 0.198. The summed E-state index contributed by atoms with van der Waals surface area (Å²) in [4.78, 5) is 14.1. The molecule has 0 unspecified atom stereocenters. The second kappa shape index (κ2) is 3.70. The number of rotatable bonds is 1. The average molecular weight is 185 g/mol. The zero-order chi connectivity index (χ0) is 9.84. The van der Waals surface area contributed by atoms with Gasteiger partial charge in [-0.2, -0.15) is 4.98 Å². The maximum Gasteiger partial charge on any atom is 0.413 e. The number of aromatic nitrogens is 1. The van der Waals surface area contributed by atoms with Crippen LogP contribution in [-0.4, -0.2) is 18.1 Å². The Morgan fingerprint density at radius 3 is 3.00 bits per heavy atom. The molecule has 3 N–H and O–H groups in total. The number of hydrogen-bond donors (Lipinski definition) is 2. The van der Waals surface area contributed by atoms with Gasteiger partial charge in [-0.05, 0) is 12.1 Å². The number of nitrogens with one attached hydrogen (secondary N) is 1. The quantitative estimate of drug-likeness (QED) is 0.668. The predicted molar refractivity (Wildman–Crippen MR) is 43.7 cm³/mol. The third-order valence-corrected chi connectivity index (χ3v) is 1.23. The van der Waals surface area contributed by atoms with E-state index in [0.29, 0.717) is 0 Å². The molecule has 1 heterocycles. The van der Waals surface area contributed by atoms with E-state index < -0.39 is 17.8 Å². The molecule has 0 aliphatic rings. The Hall–Kier alpha value is -1.85. The number of anilines is 1. The lowest BCUT2D eigenvalue weighted by Crippen LogP contribution is -2.23. The minimum absolute atomic E-state index is 0.0836. The average Bonchev–Trinajstić information content (AvgIpc) is 2.11. The van der Waals surface area contributed by atoms with E-state index in [1.165, 1.54) is 13.1 Å². The standard InChI is InChI=1S/C7H8FN3O2/c1-10-7(12)13-6-4(8)2-3-5(9)11-6/h2-3H,1H3,(H2,9,11)(H,10,12). The van der Waals surface area contributed by atoms with E-state index in [1.54, 1.807) is 0 Å². The first-order chi connectivity index (χ1) is 6.13. The molecule has 5 nitrogen and oxygen atoms in total. The molecule has 0 spiro atoms. The fourth-order valence-corrected chi connectivity index (χ4v) is 0.648. The molecule has 1 rings (SSSR count). The molecule has 0 fully saturated rings. The summed E-state index contributed by atoms with van der Waals surface area (Å²) < 4.78 is 17.3. The van der Waals surface area contributed by atoms with Gasteiger partial charge in [0.05, 0.1) is 0 Å². The van der Waals surface area contributed by atoms with Crippen molar-refractivity contribution < 1.29 is 13.9 Å². The first-order valence-electron chi connectivity index (χ1n) is 3.45. The van der Waals surface area contributed by atoms with Gasteiger partial charge in [-0.25, -0.2) is 9.18 Å². The van der Waals surface area contributed by atoms with Gasteiger partial charge in [-0.3, -0.25) is 0 Å². The van der Waals surface area contributed by atoms with Crippen molar-refractivity contribution in [2.24, 2.45) is 0 Å². The van der Waals surface area contributed by atoms with Crippen molar-refractivity contribution in [3.63, 3.8) is 0 Å². The van der Waals surface area contributed by atoms with E-state index >= 15 is 0 Å². The normalized spacial score (nSPS) is 9.38. The third-order valence-electron chi connectivity index (χ3n) is 1.23. The van der Waals surface area contributed by atoms with Crippen molar-refractivity contribution in [3.05, 3.63) is 17.9 Å². The van der Waals surface area contributed by atoms with Crippen LogP contribution < -0.4 is 15.8 Å². The molecule has 0 saturated heterocycles. The number of ether oxygens (including phenoxy) is 1. The third kappa shape index (κ3) is 2.29. The number of carbonyl (C=O) groups excluding carboxylic acids is 1. The summed E-state index contributed by atoms with van der Waals surface area (Å²) in [6.45, 7) is 0. The van der Waals surface area contributed by atoms with Crippen molar-refractivity contribution in [1.82, 2.24) is 10.3 Å². The zero-order valence-corrected chi connectivity index (χ0v) is 6.87. The maximum absolute atomic E-state index is 12.8. The number of nitrogen functional groups attached to an aromatic ring is 1. The fourth-order valence-electron chi connectivity index (χ4n) is 0.648. The molecule has 6 heteroatoms. The predicted octanol–water partition coefficient (Wildman–Crippen LogP) is 0.521. The maximum atomic E-state index is 12.8. The van der Waals surface area contributed by atoms with Crippen LogP contribution >= 0.6 is 0 Å². The van der Waals surface area contributed by atoms with E-state index in [1.807, 2.05) is 0 Å². The topological polar surface area (TPSA) is 77.2 Å². The summed E-state index contributed by atoms with van der Waals surface area (Å²) in [5.41, 5.74) is 5.26. The highest BCUT2D eigenvalue weighted by molar-refractivity contribution is 5.69. The summed E-state index contributed by atoms with van der Waals surface area (Å²) in [5, 5.41) is 2.15. The molecule has 1 aromatic rings. The lowest BCUT2D eigenvalue weighted by atomic mass is 10.4. The highest BCUT2D eigenvalue weighted by atomic mass is 19.1. The number of pyridine rings is 1. The van der Waals surface area contributed by atoms with Crippen LogP contribution in [0.25, 0.3) is 0 Å². The van der Waals surface area contributed by atoms with Gasteiger partial charge in [0.15, 0.2) is 5.82 Å². The molecule has 1 aromatic heterocycles. The van der Waals surface area contributed by atoms with Gasteiger partial charge in [0.1, 0.15) is 5.82 Å². The number of hydrogen-bond acceptors (Lipinski definition) is 4. The Kier molecular flexibility index (Phi) is 2.63. The second-order valence-electron chi connectivity index (χ2n) is 2.16. The Morgan fingerprint density at radius 2 is 2.38 bits per heavy atom. The van der Waals surface area contributed by atoms with Crippen molar-refractivity contribution in [1.29, 1.82) is 0 Å². The van der Waals surface area contributed by atoms with Crippen molar-refractivity contribution in [2.45, 2.75) is 0 Å². The van der Waals surface area contributed by atoms with Crippen molar-refractivity contribution >= 4 is 11.9 Å². The number of nitrogens with zero attached hydrogens (tertiary/aromatic N) is 1. The largest absolute Gasteiger partial charge is 0.413 e. The SMILES string of the molecule is CNC(=O)Oc1nc(N)ccc1F. The lowest BCUT2D eigenvalue weighted by Gasteiger charge is -2.03. The molecular weight excluding hydrogens is 177 g/mol. The minimum atomic E-state index is -0.794. The first kappa shape index (κ1) is 9.24. The van der Waals surface area contributed by atoms with Crippen LogP contribution in [0.4, 0.5) is 15.0 Å². The van der Waals surface area contributed by atoms with E-state index in [-0.39, 0.29) is 5.82 Å². The summed E-state index contributed by atoms with van der Waals surface area (Å²) in [5.74, 6) is -1.09. The molecule has 0 saturated carbocycles. The molecule has 0 radical (unpaired) electrons. The molecule has 0 aliphatic heterocycles. The van der Waals surface area contributed by atoms with Gasteiger partial charge in [-0.15, -0.1) is 0 Å². The van der Waals surface area contributed by atoms with Crippen molar-refractivity contribution in [2.75, 3.05) is 12.8 Å². The van der Waals surface area contributed by atoms with Gasteiger partial charge in [0.25, 0.3) is 5.88 Å². The number of carbonyl (C=O) groups is 1. The van der Waals surface area contributed by atoms with Crippen LogP contribution in [-0.2, 0) is 0 Å². The van der Waals surface area contributed by atoms with Gasteiger partial charge < -0.3 is 15.8 Å². The molecule has 0 aliphatic carbocycles. The summed E-state index contributed by atoms with van der Waals surface area (Å²) in [6.07, 6.45) is -0.794. The molecule has 13 heavy (non-hydrogen) atoms. The van der Waals surface area contributed by atoms with Gasteiger partial charge >= 0.3 is 6.09 Å². The number of nitrogens with two attached hydrogens (primary N) is 1. The van der Waals surface area contributed by atoms with Gasteiger partial charge in [0, 0.05) is 7.05 Å². The number of halogens is 1. The van der Waals surface area contributed by atoms with E-state index in [9.17, 15) is 9.18 Å². The highest BCUT2D eigenvalue weighted by Gasteiger charge is 2.09. The Bertz CT molecular complexity index is 330. The first-order valence-corrected chi connectivity index (χ1v) is 3.45. The Morgan fingerprint density at radius 1 is 1.69 bits per heavy atom. The molecule has 70 valence electrons. The Balaban J connectivity index is 2.87. The summed E-state index contributed by atoms with van der Waals surface area (Å²) in [6, 6.07) is 2.34. The molecule has 0 aromatic carbocycles. The van der Waals surface area contributed by atoms with Crippen LogP contribution in [0.5, 0.6) is 5.88 Å². The Labute approximate surface area is 73.7 Å². The number of amides is 1. The van der Waals surface area contributed by atoms with Gasteiger partial charge in [-0.1, -0.05) is 0 Å². The fraction of sp³-hybridized carbons (Fsp3) is 0.143. The van der Waals surface area contributed by atoms with Crippen LogP contribution in [0.2, 0.25) is 0 Å². The van der Waals surface area contributed by atoms with E-state index in [4.69, 9.17) is 5.73 Å². The van der Waals surface area contributed by atoms with Crippen LogP contribution in [0, 0.1) is 5.82 Å². The molecule has 0 bridgehead atoms. The zero-order valence-electron chi connectivity index (χ0n) is 6.87. The second-order valence-corrected chi connectivity index (χ2v) is 2.16. The highest BCUT2D eigenvalue weighted by Crippen LogP contribution is 2.14. The summed E-state index contributed by atoms with van der Waals surface area (Å²) in [7, 11) is 1.35. The molecule has 0 atom stereocenters. The monoisotopic (exact) mass is 185 g/mol. The molecule has 1 amide bonds. The van der Waals surface area contributed by atoms with Crippen LogP contribution in [0.3, 0.4) is 0 Å². The van der Waals surface area contributed by atoms with Crippen LogP contribution in [0.15, 0.2) is 12.1 Å². The smallest absolute Gasteiger partial charge is 0.388 e. The van der Waals surface area contributed by atoms with E-state index in [2.05, 4.69) is 15.0 Å². The van der Waals surface area contributed by atoms with E-state index in [0.717, 1.165) is 6.07 Å². The van der Waals surface area contributed by atoms with Crippen molar-refractivity contribution in [3.8, 4) is 5.88 Å². The molecular formula is C7H8FN3O2.